The van der Waals surface area contributed by atoms with Crippen molar-refractivity contribution in [3.8, 4) is 6.07 Å². The van der Waals surface area contributed by atoms with E-state index in [1.54, 1.807) is 12.3 Å². The highest BCUT2D eigenvalue weighted by molar-refractivity contribution is 6.62. The van der Waals surface area contributed by atoms with Gasteiger partial charge in [0.1, 0.15) is 11.9 Å². The zero-order valence-corrected chi connectivity index (χ0v) is 13.4. The lowest BCUT2D eigenvalue weighted by Gasteiger charge is -2.32. The van der Waals surface area contributed by atoms with Crippen LogP contribution in [0, 0.1) is 11.3 Å². The van der Waals surface area contributed by atoms with Crippen molar-refractivity contribution in [1.82, 2.24) is 4.98 Å². The third kappa shape index (κ3) is 3.04. The van der Waals surface area contributed by atoms with Crippen LogP contribution in [0.2, 0.25) is 0 Å². The number of anilines is 1. The number of nitrogens with one attached hydrogen (secondary N) is 1. The molecule has 0 aliphatic carbocycles. The summed E-state index contributed by atoms with van der Waals surface area (Å²) < 4.78 is 12.0. The molecule has 2 rings (SSSR count). The third-order valence-corrected chi connectivity index (χ3v) is 4.10. The van der Waals surface area contributed by atoms with E-state index < -0.39 is 18.3 Å². The van der Waals surface area contributed by atoms with E-state index in [1.807, 2.05) is 27.7 Å². The van der Waals surface area contributed by atoms with Gasteiger partial charge in [0.2, 0.25) is 0 Å². The average Bonchev–Trinajstić information content (AvgIpc) is 2.65. The van der Waals surface area contributed by atoms with Gasteiger partial charge in [0.15, 0.2) is 0 Å². The van der Waals surface area contributed by atoms with E-state index in [4.69, 9.17) is 9.31 Å². The minimum atomic E-state index is -0.491. The molecule has 6 heteroatoms. The van der Waals surface area contributed by atoms with E-state index >= 15 is 0 Å². The second kappa shape index (κ2) is 5.66. The fourth-order valence-electron chi connectivity index (χ4n) is 2.06. The predicted octanol–water partition coefficient (Wildman–Crippen LogP) is 2.07. The molecule has 0 spiro atoms. The van der Waals surface area contributed by atoms with E-state index in [0.29, 0.717) is 11.4 Å². The maximum Gasteiger partial charge on any atom is 0.496 e. The fourth-order valence-corrected chi connectivity index (χ4v) is 2.06. The number of hydrogen-bond acceptors (Lipinski definition) is 5. The van der Waals surface area contributed by atoms with Gasteiger partial charge in [-0.15, -0.1) is 0 Å². The van der Waals surface area contributed by atoms with Crippen molar-refractivity contribution in [3.63, 3.8) is 0 Å². The normalized spacial score (nSPS) is 19.3. The van der Waals surface area contributed by atoms with Gasteiger partial charge in [0.25, 0.3) is 0 Å². The van der Waals surface area contributed by atoms with Gasteiger partial charge in [-0.2, -0.15) is 5.26 Å². The lowest BCUT2D eigenvalue weighted by Crippen LogP contribution is -2.41. The van der Waals surface area contributed by atoms with E-state index in [-0.39, 0.29) is 0 Å². The number of nitriles is 1. The summed E-state index contributed by atoms with van der Waals surface area (Å²) in [6.07, 6.45) is 2.69. The molecule has 2 heterocycles. The summed E-state index contributed by atoms with van der Waals surface area (Å²) in [5.74, 6) is 0.611. The van der Waals surface area contributed by atoms with Crippen molar-refractivity contribution in [2.24, 2.45) is 0 Å². The number of hydrogen-bond donors (Lipinski definition) is 1. The van der Waals surface area contributed by atoms with Gasteiger partial charge < -0.3 is 14.6 Å². The molecule has 112 valence electrons. The summed E-state index contributed by atoms with van der Waals surface area (Å²) in [6, 6.07) is 3.96. The lowest BCUT2D eigenvalue weighted by molar-refractivity contribution is 0.00578. The topological polar surface area (TPSA) is 67.2 Å². The van der Waals surface area contributed by atoms with Crippen molar-refractivity contribution >= 4 is 18.4 Å². The molecular formula is C15H22BN3O2. The average molecular weight is 287 g/mol. The molecule has 0 amide bonds. The van der Waals surface area contributed by atoms with E-state index in [2.05, 4.69) is 23.3 Å². The molecule has 0 atom stereocenters. The molecule has 0 bridgehead atoms. The van der Waals surface area contributed by atoms with Crippen LogP contribution in [0.4, 0.5) is 5.82 Å². The van der Waals surface area contributed by atoms with E-state index in [9.17, 15) is 5.26 Å². The Balaban J connectivity index is 2.25. The van der Waals surface area contributed by atoms with Crippen LogP contribution in [0.15, 0.2) is 12.3 Å². The SMILES string of the molecule is CCCNc1ncc(B2OC(C)(C)C(C)(C)O2)cc1C#N. The molecule has 1 saturated heterocycles. The summed E-state index contributed by atoms with van der Waals surface area (Å²) in [7, 11) is -0.491. The van der Waals surface area contributed by atoms with Crippen LogP contribution < -0.4 is 10.8 Å². The van der Waals surface area contributed by atoms with Gasteiger partial charge in [0.05, 0.1) is 16.8 Å². The van der Waals surface area contributed by atoms with Gasteiger partial charge in [0, 0.05) is 18.2 Å². The molecule has 0 aromatic carbocycles. The van der Waals surface area contributed by atoms with Gasteiger partial charge in [-0.3, -0.25) is 0 Å². The van der Waals surface area contributed by atoms with Crippen LogP contribution >= 0.6 is 0 Å². The summed E-state index contributed by atoms with van der Waals surface area (Å²) in [5.41, 5.74) is 0.482. The van der Waals surface area contributed by atoms with Crippen LogP contribution in [0.25, 0.3) is 0 Å². The second-order valence-electron chi connectivity index (χ2n) is 6.29. The highest BCUT2D eigenvalue weighted by Crippen LogP contribution is 2.36. The Morgan fingerprint density at radius 3 is 2.43 bits per heavy atom. The Kier molecular flexibility index (Phi) is 4.26. The van der Waals surface area contributed by atoms with Crippen molar-refractivity contribution < 1.29 is 9.31 Å². The first kappa shape index (κ1) is 15.8. The zero-order valence-electron chi connectivity index (χ0n) is 13.4. The Hall–Kier alpha value is -1.58. The molecule has 1 aromatic rings. The van der Waals surface area contributed by atoms with Crippen LogP contribution in [0.5, 0.6) is 0 Å². The van der Waals surface area contributed by atoms with Gasteiger partial charge in [-0.1, -0.05) is 6.92 Å². The maximum atomic E-state index is 9.28. The first-order valence-corrected chi connectivity index (χ1v) is 7.30. The van der Waals surface area contributed by atoms with Gasteiger partial charge in [-0.05, 0) is 40.2 Å². The van der Waals surface area contributed by atoms with Gasteiger partial charge >= 0.3 is 7.12 Å². The molecule has 0 unspecified atom stereocenters. The van der Waals surface area contributed by atoms with E-state index in [0.717, 1.165) is 18.4 Å². The lowest BCUT2D eigenvalue weighted by atomic mass is 9.79. The molecule has 1 aliphatic rings. The van der Waals surface area contributed by atoms with Crippen molar-refractivity contribution in [3.05, 3.63) is 17.8 Å². The van der Waals surface area contributed by atoms with Crippen LogP contribution in [-0.2, 0) is 9.31 Å². The van der Waals surface area contributed by atoms with Crippen molar-refractivity contribution in [2.45, 2.75) is 52.2 Å². The maximum absolute atomic E-state index is 9.28. The number of aromatic nitrogens is 1. The molecular weight excluding hydrogens is 265 g/mol. The van der Waals surface area contributed by atoms with Crippen molar-refractivity contribution in [2.75, 3.05) is 11.9 Å². The highest BCUT2D eigenvalue weighted by atomic mass is 16.7. The summed E-state index contributed by atoms with van der Waals surface area (Å²) in [6.45, 7) is 10.9. The minimum Gasteiger partial charge on any atom is -0.399 e. The molecule has 21 heavy (non-hydrogen) atoms. The standard InChI is InChI=1S/C15H22BN3O2/c1-6-7-18-13-11(9-17)8-12(10-19-13)16-20-14(2,3)15(4,5)21-16/h8,10H,6-7H2,1-5H3,(H,18,19). The predicted molar refractivity (Wildman–Crippen MR) is 83.4 cm³/mol. The summed E-state index contributed by atoms with van der Waals surface area (Å²) >= 11 is 0. The molecule has 5 nitrogen and oxygen atoms in total. The number of nitrogens with zero attached hydrogens (tertiary/aromatic N) is 2. The van der Waals surface area contributed by atoms with Crippen LogP contribution in [-0.4, -0.2) is 29.8 Å². The number of pyridine rings is 1. The molecule has 1 aromatic heterocycles. The monoisotopic (exact) mass is 287 g/mol. The molecule has 1 aliphatic heterocycles. The summed E-state index contributed by atoms with van der Waals surface area (Å²) in [4.78, 5) is 4.33. The quantitative estimate of drug-likeness (QED) is 0.859. The van der Waals surface area contributed by atoms with Gasteiger partial charge in [-0.25, -0.2) is 4.98 Å². The first-order valence-electron chi connectivity index (χ1n) is 7.30. The molecule has 0 saturated carbocycles. The minimum absolute atomic E-state index is 0.399. The Morgan fingerprint density at radius 2 is 1.90 bits per heavy atom. The fraction of sp³-hybridized carbons (Fsp3) is 0.600. The Labute approximate surface area is 126 Å². The van der Waals surface area contributed by atoms with Crippen molar-refractivity contribution in [1.29, 1.82) is 5.26 Å². The molecule has 1 N–H and O–H groups in total. The number of rotatable bonds is 4. The third-order valence-electron chi connectivity index (χ3n) is 4.10. The first-order chi connectivity index (χ1) is 9.80. The highest BCUT2D eigenvalue weighted by Gasteiger charge is 2.51. The Bertz CT molecular complexity index is 551. The summed E-state index contributed by atoms with van der Waals surface area (Å²) in [5, 5.41) is 12.4. The second-order valence-corrected chi connectivity index (χ2v) is 6.29. The molecule has 1 fully saturated rings. The Morgan fingerprint density at radius 1 is 1.29 bits per heavy atom. The largest absolute Gasteiger partial charge is 0.496 e. The zero-order chi connectivity index (χ0) is 15.7. The van der Waals surface area contributed by atoms with E-state index in [1.165, 1.54) is 0 Å². The smallest absolute Gasteiger partial charge is 0.399 e. The van der Waals surface area contributed by atoms with Crippen LogP contribution in [0.3, 0.4) is 0 Å². The van der Waals surface area contributed by atoms with Crippen LogP contribution in [0.1, 0.15) is 46.6 Å². The molecule has 0 radical (unpaired) electrons.